The van der Waals surface area contributed by atoms with Crippen LogP contribution in [0.3, 0.4) is 0 Å². The maximum Gasteiger partial charge on any atom is 0.228 e. The molecule has 1 fully saturated rings. The highest BCUT2D eigenvalue weighted by Crippen LogP contribution is 2.40. The Hall–Kier alpha value is -1.25. The molecule has 0 amide bonds. The van der Waals surface area contributed by atoms with Gasteiger partial charge in [0.05, 0.1) is 19.0 Å². The standard InChI is InChI=1S/C19H35BN6O/c1-9-10-27-26-18(3,4)11-15(12-19(26,5)6)24(7)13-25(8)17-22-14(2)21-16(20)23-17/h15H,9-13H2,1-8H3. The molecule has 1 aliphatic heterocycles. The first-order valence-corrected chi connectivity index (χ1v) is 9.79. The zero-order chi connectivity index (χ0) is 20.4. The number of hydroxylamine groups is 2. The fraction of sp³-hybridized carbons (Fsp3) is 0.842. The molecule has 7 nitrogen and oxygen atoms in total. The van der Waals surface area contributed by atoms with Crippen LogP contribution in [0.25, 0.3) is 0 Å². The van der Waals surface area contributed by atoms with Gasteiger partial charge in [0, 0.05) is 24.2 Å². The van der Waals surface area contributed by atoms with E-state index in [9.17, 15) is 0 Å². The number of aromatic nitrogens is 3. The van der Waals surface area contributed by atoms with Gasteiger partial charge in [-0.2, -0.15) is 10.0 Å². The molecule has 0 unspecified atom stereocenters. The van der Waals surface area contributed by atoms with Crippen molar-refractivity contribution in [3.05, 3.63) is 5.82 Å². The number of aryl methyl sites for hydroxylation is 1. The minimum absolute atomic E-state index is 0.0391. The van der Waals surface area contributed by atoms with Crippen molar-refractivity contribution in [2.45, 2.75) is 77.9 Å². The number of piperidine rings is 1. The summed E-state index contributed by atoms with van der Waals surface area (Å²) in [4.78, 5) is 23.2. The average Bonchev–Trinajstić information content (AvgIpc) is 2.51. The highest BCUT2D eigenvalue weighted by molar-refractivity contribution is 6.29. The number of hydrogen-bond acceptors (Lipinski definition) is 7. The van der Waals surface area contributed by atoms with Crippen molar-refractivity contribution in [3.8, 4) is 0 Å². The van der Waals surface area contributed by atoms with E-state index in [2.05, 4.69) is 66.6 Å². The maximum absolute atomic E-state index is 6.13. The second-order valence-corrected chi connectivity index (χ2v) is 8.95. The second-order valence-electron chi connectivity index (χ2n) is 8.95. The first kappa shape index (κ1) is 22.0. The van der Waals surface area contributed by atoms with Crippen molar-refractivity contribution in [2.75, 3.05) is 32.3 Å². The van der Waals surface area contributed by atoms with Crippen LogP contribution in [-0.2, 0) is 4.84 Å². The molecular weight excluding hydrogens is 339 g/mol. The van der Waals surface area contributed by atoms with Crippen LogP contribution in [0.2, 0.25) is 0 Å². The Morgan fingerprint density at radius 2 is 1.70 bits per heavy atom. The zero-order valence-corrected chi connectivity index (χ0v) is 18.3. The van der Waals surface area contributed by atoms with Crippen LogP contribution < -0.4 is 10.6 Å². The molecule has 8 heteroatoms. The van der Waals surface area contributed by atoms with E-state index in [1.807, 2.05) is 18.9 Å². The number of hydrogen-bond donors (Lipinski definition) is 0. The highest BCUT2D eigenvalue weighted by Gasteiger charge is 2.47. The summed E-state index contributed by atoms with van der Waals surface area (Å²) < 4.78 is 0. The molecule has 150 valence electrons. The van der Waals surface area contributed by atoms with Crippen LogP contribution in [0, 0.1) is 6.92 Å². The molecule has 0 aliphatic carbocycles. The quantitative estimate of drug-likeness (QED) is 0.531. The van der Waals surface area contributed by atoms with Crippen LogP contribution in [0.4, 0.5) is 5.95 Å². The van der Waals surface area contributed by atoms with E-state index in [1.165, 1.54) is 0 Å². The van der Waals surface area contributed by atoms with Gasteiger partial charge in [-0.25, -0.2) is 9.97 Å². The smallest absolute Gasteiger partial charge is 0.228 e. The summed E-state index contributed by atoms with van der Waals surface area (Å²) in [6, 6.07) is 0.430. The lowest BCUT2D eigenvalue weighted by molar-refractivity contribution is -0.287. The van der Waals surface area contributed by atoms with Gasteiger partial charge in [0.1, 0.15) is 5.82 Å². The molecule has 0 bridgehead atoms. The lowest BCUT2D eigenvalue weighted by atomic mass is 9.78. The van der Waals surface area contributed by atoms with Crippen molar-refractivity contribution in [2.24, 2.45) is 0 Å². The summed E-state index contributed by atoms with van der Waals surface area (Å²) in [5, 5.41) is 2.22. The fourth-order valence-electron chi connectivity index (χ4n) is 4.23. The van der Waals surface area contributed by atoms with E-state index in [4.69, 9.17) is 12.7 Å². The van der Waals surface area contributed by atoms with Crippen LogP contribution in [0.15, 0.2) is 0 Å². The molecule has 0 spiro atoms. The Balaban J connectivity index is 2.09. The molecule has 2 radical (unpaired) electrons. The Morgan fingerprint density at radius 3 is 2.22 bits per heavy atom. The van der Waals surface area contributed by atoms with Crippen molar-refractivity contribution in [1.82, 2.24) is 24.9 Å². The van der Waals surface area contributed by atoms with E-state index in [-0.39, 0.29) is 16.8 Å². The summed E-state index contributed by atoms with van der Waals surface area (Å²) in [5.74, 6) is 1.24. The normalized spacial score (nSPS) is 20.2. The van der Waals surface area contributed by atoms with Gasteiger partial charge in [0.15, 0.2) is 7.85 Å². The predicted molar refractivity (Wildman–Crippen MR) is 110 cm³/mol. The summed E-state index contributed by atoms with van der Waals surface area (Å²) >= 11 is 0. The van der Waals surface area contributed by atoms with Crippen molar-refractivity contribution >= 4 is 19.5 Å². The van der Waals surface area contributed by atoms with Crippen molar-refractivity contribution < 1.29 is 4.84 Å². The molecule has 1 aromatic rings. The third-order valence-electron chi connectivity index (χ3n) is 5.15. The molecule has 0 aromatic carbocycles. The van der Waals surface area contributed by atoms with E-state index >= 15 is 0 Å². The van der Waals surface area contributed by atoms with Gasteiger partial charge < -0.3 is 4.90 Å². The lowest BCUT2D eigenvalue weighted by Crippen LogP contribution is -2.64. The molecule has 1 saturated heterocycles. The molecule has 2 heterocycles. The largest absolute Gasteiger partial charge is 0.331 e. The van der Waals surface area contributed by atoms with Crippen LogP contribution in [-0.4, -0.2) is 77.3 Å². The first-order chi connectivity index (χ1) is 12.5. The van der Waals surface area contributed by atoms with Gasteiger partial charge in [-0.1, -0.05) is 6.92 Å². The maximum atomic E-state index is 6.13. The summed E-state index contributed by atoms with van der Waals surface area (Å²) in [6.45, 7) is 14.5. The first-order valence-electron chi connectivity index (χ1n) is 9.79. The number of nitrogens with zero attached hydrogens (tertiary/aromatic N) is 6. The van der Waals surface area contributed by atoms with Gasteiger partial charge in [-0.3, -0.25) is 9.74 Å². The zero-order valence-electron chi connectivity index (χ0n) is 18.3. The Kier molecular flexibility index (Phi) is 6.87. The van der Waals surface area contributed by atoms with Gasteiger partial charge in [0.25, 0.3) is 0 Å². The fourth-order valence-corrected chi connectivity index (χ4v) is 4.23. The summed E-state index contributed by atoms with van der Waals surface area (Å²) in [5.41, 5.74) is 0.182. The van der Waals surface area contributed by atoms with Crippen LogP contribution in [0.1, 0.15) is 59.7 Å². The minimum Gasteiger partial charge on any atom is -0.331 e. The van der Waals surface area contributed by atoms with Crippen LogP contribution in [0.5, 0.6) is 0 Å². The topological polar surface area (TPSA) is 57.6 Å². The molecule has 1 aliphatic rings. The molecule has 0 saturated carbocycles. The molecule has 0 N–H and O–H groups in total. The van der Waals surface area contributed by atoms with Gasteiger partial charge in [-0.15, -0.1) is 0 Å². The van der Waals surface area contributed by atoms with E-state index in [0.29, 0.717) is 17.8 Å². The SMILES string of the molecule is [B]c1nc(C)nc(N(C)CN(C)C2CC(C)(C)N(OCCC)C(C)(C)C2)n1. The van der Waals surface area contributed by atoms with Gasteiger partial charge in [0.2, 0.25) is 5.95 Å². The summed E-state index contributed by atoms with van der Waals surface area (Å²) in [7, 11) is 9.92. The Labute approximate surface area is 165 Å². The molecule has 2 rings (SSSR count). The van der Waals surface area contributed by atoms with Crippen LogP contribution >= 0.6 is 0 Å². The van der Waals surface area contributed by atoms with E-state index < -0.39 is 0 Å². The molecular formula is C19H35BN6O. The lowest BCUT2D eigenvalue weighted by Gasteiger charge is -2.55. The van der Waals surface area contributed by atoms with Gasteiger partial charge >= 0.3 is 0 Å². The Bertz CT molecular complexity index is 600. The Morgan fingerprint density at radius 1 is 1.11 bits per heavy atom. The monoisotopic (exact) mass is 374 g/mol. The highest BCUT2D eigenvalue weighted by atomic mass is 16.7. The van der Waals surface area contributed by atoms with Crippen molar-refractivity contribution in [1.29, 1.82) is 0 Å². The average molecular weight is 374 g/mol. The second kappa shape index (κ2) is 8.41. The molecule has 1 aromatic heterocycles. The van der Waals surface area contributed by atoms with E-state index in [0.717, 1.165) is 32.5 Å². The molecule has 27 heavy (non-hydrogen) atoms. The summed E-state index contributed by atoms with van der Waals surface area (Å²) in [6.07, 6.45) is 3.08. The number of anilines is 1. The number of rotatable bonds is 7. The van der Waals surface area contributed by atoms with Gasteiger partial charge in [-0.05, 0) is 60.9 Å². The third kappa shape index (κ3) is 5.39. The molecule has 0 atom stereocenters. The minimum atomic E-state index is -0.0391. The van der Waals surface area contributed by atoms with Crippen molar-refractivity contribution in [3.63, 3.8) is 0 Å². The van der Waals surface area contributed by atoms with E-state index in [1.54, 1.807) is 0 Å². The predicted octanol–water partition coefficient (Wildman–Crippen LogP) is 1.66. The third-order valence-corrected chi connectivity index (χ3v) is 5.15.